The third kappa shape index (κ3) is 2.43. The number of sulfone groups is 1. The Hall–Kier alpha value is -0.845. The maximum absolute atomic E-state index is 12.0. The molecular weight excluding hydrogens is 287 g/mol. The van der Waals surface area contributed by atoms with E-state index in [0.29, 0.717) is 11.3 Å². The fourth-order valence-corrected chi connectivity index (χ4v) is 4.37. The molecule has 1 aromatic carbocycles. The first-order valence-electron chi connectivity index (χ1n) is 7.34. The van der Waals surface area contributed by atoms with E-state index in [1.165, 1.54) is 0 Å². The highest BCUT2D eigenvalue weighted by molar-refractivity contribution is 7.91. The molecule has 0 saturated carbocycles. The van der Waals surface area contributed by atoms with E-state index in [4.69, 9.17) is 9.31 Å². The summed E-state index contributed by atoms with van der Waals surface area (Å²) in [6.45, 7) is 8.04. The van der Waals surface area contributed by atoms with Gasteiger partial charge in [0.25, 0.3) is 0 Å². The first-order chi connectivity index (χ1) is 9.62. The summed E-state index contributed by atoms with van der Waals surface area (Å²) in [5.41, 5.74) is 0.997. The Bertz CT molecular complexity index is 663. The van der Waals surface area contributed by atoms with Crippen LogP contribution in [0.5, 0.6) is 0 Å². The molecule has 2 aliphatic heterocycles. The number of aryl methyl sites for hydroxylation is 1. The molecule has 0 atom stereocenters. The van der Waals surface area contributed by atoms with E-state index in [2.05, 4.69) is 0 Å². The van der Waals surface area contributed by atoms with E-state index in [1.54, 1.807) is 6.07 Å². The summed E-state index contributed by atoms with van der Waals surface area (Å²) >= 11 is 0. The molecule has 0 N–H and O–H groups in total. The van der Waals surface area contributed by atoms with E-state index < -0.39 is 17.0 Å². The highest BCUT2D eigenvalue weighted by atomic mass is 32.2. The minimum atomic E-state index is -3.11. The van der Waals surface area contributed by atoms with E-state index in [1.807, 2.05) is 39.8 Å². The Morgan fingerprint density at radius 2 is 1.71 bits per heavy atom. The van der Waals surface area contributed by atoms with Gasteiger partial charge in [0.05, 0.1) is 21.9 Å². The van der Waals surface area contributed by atoms with Crippen LogP contribution in [0.25, 0.3) is 0 Å². The Morgan fingerprint density at radius 3 is 2.33 bits per heavy atom. The Labute approximate surface area is 126 Å². The van der Waals surface area contributed by atoms with Gasteiger partial charge in [0, 0.05) is 0 Å². The fraction of sp³-hybridized carbons (Fsp3) is 0.600. The molecule has 0 aromatic heterocycles. The zero-order valence-corrected chi connectivity index (χ0v) is 13.8. The van der Waals surface area contributed by atoms with Crippen molar-refractivity contribution in [2.75, 3.05) is 5.75 Å². The average Bonchev–Trinajstić information content (AvgIpc) is 2.57. The van der Waals surface area contributed by atoms with Crippen molar-refractivity contribution in [3.63, 3.8) is 0 Å². The summed E-state index contributed by atoms with van der Waals surface area (Å²) in [5.74, 6) is 0.246. The molecule has 21 heavy (non-hydrogen) atoms. The van der Waals surface area contributed by atoms with Crippen molar-refractivity contribution >= 4 is 22.4 Å². The molecule has 2 heterocycles. The van der Waals surface area contributed by atoms with Crippen LogP contribution in [0.2, 0.25) is 0 Å². The van der Waals surface area contributed by atoms with E-state index >= 15 is 0 Å². The molecule has 0 aliphatic carbocycles. The maximum atomic E-state index is 12.0. The van der Waals surface area contributed by atoms with Gasteiger partial charge in [0.2, 0.25) is 0 Å². The zero-order chi connectivity index (χ0) is 15.5. The number of rotatable bonds is 1. The van der Waals surface area contributed by atoms with Crippen LogP contribution in [-0.4, -0.2) is 32.5 Å². The summed E-state index contributed by atoms with van der Waals surface area (Å²) in [4.78, 5) is 0.467. The van der Waals surface area contributed by atoms with Gasteiger partial charge in [-0.05, 0) is 57.6 Å². The standard InChI is InChI=1S/C15H21BO4S/c1-14(2)15(3,4)20-16(19-14)12-7-8-13-11(10-12)6-5-9-21(13,17)18/h7-8,10H,5-6,9H2,1-4H3. The summed E-state index contributed by atoms with van der Waals surface area (Å²) in [6, 6.07) is 5.43. The lowest BCUT2D eigenvalue weighted by Gasteiger charge is -2.32. The zero-order valence-electron chi connectivity index (χ0n) is 13.0. The van der Waals surface area contributed by atoms with Crippen LogP contribution in [0.4, 0.5) is 0 Å². The second-order valence-electron chi connectivity index (χ2n) is 6.88. The molecule has 114 valence electrons. The predicted molar refractivity (Wildman–Crippen MR) is 82.5 cm³/mol. The number of hydrogen-bond donors (Lipinski definition) is 0. The molecule has 4 nitrogen and oxygen atoms in total. The molecule has 3 rings (SSSR count). The second-order valence-corrected chi connectivity index (χ2v) is 8.96. The molecule has 0 bridgehead atoms. The smallest absolute Gasteiger partial charge is 0.399 e. The fourth-order valence-electron chi connectivity index (χ4n) is 2.79. The molecule has 2 aliphatic rings. The van der Waals surface area contributed by atoms with Crippen LogP contribution in [0, 0.1) is 0 Å². The number of benzene rings is 1. The van der Waals surface area contributed by atoms with Gasteiger partial charge in [0.15, 0.2) is 9.84 Å². The van der Waals surface area contributed by atoms with Gasteiger partial charge in [-0.3, -0.25) is 0 Å². The van der Waals surface area contributed by atoms with E-state index in [9.17, 15) is 8.42 Å². The molecule has 0 amide bonds. The predicted octanol–water partition coefficient (Wildman–Crippen LogP) is 1.71. The molecule has 1 aromatic rings. The highest BCUT2D eigenvalue weighted by Gasteiger charge is 2.51. The Morgan fingerprint density at radius 1 is 1.10 bits per heavy atom. The van der Waals surface area contributed by atoms with Gasteiger partial charge in [-0.2, -0.15) is 0 Å². The van der Waals surface area contributed by atoms with Crippen molar-refractivity contribution < 1.29 is 17.7 Å². The lowest BCUT2D eigenvalue weighted by atomic mass is 9.78. The quantitative estimate of drug-likeness (QED) is 0.741. The first-order valence-corrected chi connectivity index (χ1v) is 8.99. The van der Waals surface area contributed by atoms with Crippen molar-refractivity contribution in [3.05, 3.63) is 23.8 Å². The van der Waals surface area contributed by atoms with Crippen LogP contribution < -0.4 is 5.46 Å². The van der Waals surface area contributed by atoms with Crippen LogP contribution in [0.1, 0.15) is 39.7 Å². The molecule has 0 spiro atoms. The largest absolute Gasteiger partial charge is 0.494 e. The van der Waals surface area contributed by atoms with E-state index in [-0.39, 0.29) is 17.0 Å². The first kappa shape index (κ1) is 15.1. The molecule has 6 heteroatoms. The van der Waals surface area contributed by atoms with Crippen molar-refractivity contribution in [2.24, 2.45) is 0 Å². The van der Waals surface area contributed by atoms with Gasteiger partial charge >= 0.3 is 7.12 Å². The van der Waals surface area contributed by atoms with Crippen molar-refractivity contribution in [1.82, 2.24) is 0 Å². The van der Waals surface area contributed by atoms with Gasteiger partial charge in [-0.15, -0.1) is 0 Å². The maximum Gasteiger partial charge on any atom is 0.494 e. The van der Waals surface area contributed by atoms with E-state index in [0.717, 1.165) is 17.4 Å². The van der Waals surface area contributed by atoms with Crippen molar-refractivity contribution in [3.8, 4) is 0 Å². The third-order valence-corrected chi connectivity index (χ3v) is 6.70. The molecule has 0 radical (unpaired) electrons. The average molecular weight is 308 g/mol. The summed E-state index contributed by atoms with van der Waals surface area (Å²) in [5, 5.41) is 0. The molecular formula is C15H21BO4S. The van der Waals surface area contributed by atoms with Gasteiger partial charge in [0.1, 0.15) is 0 Å². The van der Waals surface area contributed by atoms with Crippen LogP contribution in [0.3, 0.4) is 0 Å². The lowest BCUT2D eigenvalue weighted by molar-refractivity contribution is 0.00578. The minimum Gasteiger partial charge on any atom is -0.399 e. The van der Waals surface area contributed by atoms with Crippen molar-refractivity contribution in [2.45, 2.75) is 56.6 Å². The lowest BCUT2D eigenvalue weighted by Crippen LogP contribution is -2.41. The molecule has 0 unspecified atom stereocenters. The monoisotopic (exact) mass is 308 g/mol. The third-order valence-electron chi connectivity index (χ3n) is 4.80. The van der Waals surface area contributed by atoms with Crippen molar-refractivity contribution in [1.29, 1.82) is 0 Å². The van der Waals surface area contributed by atoms with Gasteiger partial charge < -0.3 is 9.31 Å². The summed E-state index contributed by atoms with van der Waals surface area (Å²) < 4.78 is 36.1. The topological polar surface area (TPSA) is 52.6 Å². The van der Waals surface area contributed by atoms with Gasteiger partial charge in [-0.25, -0.2) is 8.42 Å². The summed E-state index contributed by atoms with van der Waals surface area (Å²) in [7, 11) is -3.55. The SMILES string of the molecule is CC1(C)OB(c2ccc3c(c2)CCCS3(=O)=O)OC1(C)C. The highest BCUT2D eigenvalue weighted by Crippen LogP contribution is 2.36. The van der Waals surface area contributed by atoms with Crippen LogP contribution >= 0.6 is 0 Å². The number of fused-ring (bicyclic) bond motifs is 1. The second kappa shape index (κ2) is 4.57. The molecule has 1 fully saturated rings. The van der Waals surface area contributed by atoms with Crippen LogP contribution in [0.15, 0.2) is 23.1 Å². The normalized spacial score (nSPS) is 25.6. The van der Waals surface area contributed by atoms with Crippen LogP contribution in [-0.2, 0) is 25.6 Å². The molecule has 1 saturated heterocycles. The minimum absolute atomic E-state index is 0.246. The Kier molecular flexibility index (Phi) is 3.28. The van der Waals surface area contributed by atoms with Gasteiger partial charge in [-0.1, -0.05) is 12.1 Å². The number of hydrogen-bond acceptors (Lipinski definition) is 4. The Balaban J connectivity index is 1.96. The summed E-state index contributed by atoms with van der Waals surface area (Å²) in [6.07, 6.45) is 1.48.